The molecule has 19 heavy (non-hydrogen) atoms. The number of ether oxygens (including phenoxy) is 1. The SMILES string of the molecule is CCOc1ccc(CNc2c(C)cccc2C)cc1. The van der Waals surface area contributed by atoms with Crippen molar-refractivity contribution in [3.8, 4) is 5.75 Å². The molecule has 2 heteroatoms. The Labute approximate surface area is 115 Å². The average Bonchev–Trinajstić information content (AvgIpc) is 2.40. The number of nitrogens with one attached hydrogen (secondary N) is 1. The van der Waals surface area contributed by atoms with Gasteiger partial charge in [0.05, 0.1) is 6.61 Å². The van der Waals surface area contributed by atoms with E-state index in [0.29, 0.717) is 6.61 Å². The van der Waals surface area contributed by atoms with Gasteiger partial charge >= 0.3 is 0 Å². The van der Waals surface area contributed by atoms with Crippen molar-refractivity contribution in [1.29, 1.82) is 0 Å². The first-order chi connectivity index (χ1) is 9.20. The third kappa shape index (κ3) is 3.50. The second-order valence-electron chi connectivity index (χ2n) is 4.70. The summed E-state index contributed by atoms with van der Waals surface area (Å²) in [7, 11) is 0. The molecule has 1 N–H and O–H groups in total. The van der Waals surface area contributed by atoms with Crippen LogP contribution in [0.2, 0.25) is 0 Å². The topological polar surface area (TPSA) is 21.3 Å². The highest BCUT2D eigenvalue weighted by Crippen LogP contribution is 2.20. The fraction of sp³-hybridized carbons (Fsp3) is 0.294. The van der Waals surface area contributed by atoms with Gasteiger partial charge in [-0.1, -0.05) is 30.3 Å². The summed E-state index contributed by atoms with van der Waals surface area (Å²) in [6.45, 7) is 7.80. The van der Waals surface area contributed by atoms with E-state index in [1.807, 2.05) is 19.1 Å². The summed E-state index contributed by atoms with van der Waals surface area (Å²) in [5.74, 6) is 0.929. The molecule has 0 saturated carbocycles. The van der Waals surface area contributed by atoms with Crippen molar-refractivity contribution in [2.75, 3.05) is 11.9 Å². The second kappa shape index (κ2) is 6.28. The minimum atomic E-state index is 0.708. The Balaban J connectivity index is 2.02. The van der Waals surface area contributed by atoms with E-state index in [9.17, 15) is 0 Å². The molecule has 2 nitrogen and oxygen atoms in total. The van der Waals surface area contributed by atoms with E-state index >= 15 is 0 Å². The Morgan fingerprint density at radius 2 is 1.58 bits per heavy atom. The molecule has 0 unspecified atom stereocenters. The predicted molar refractivity (Wildman–Crippen MR) is 80.9 cm³/mol. The van der Waals surface area contributed by atoms with E-state index in [4.69, 9.17) is 4.74 Å². The van der Waals surface area contributed by atoms with Crippen molar-refractivity contribution in [3.05, 3.63) is 59.2 Å². The number of benzene rings is 2. The minimum absolute atomic E-state index is 0.708. The highest BCUT2D eigenvalue weighted by Gasteiger charge is 2.01. The Morgan fingerprint density at radius 3 is 2.16 bits per heavy atom. The Morgan fingerprint density at radius 1 is 0.947 bits per heavy atom. The van der Waals surface area contributed by atoms with Gasteiger partial charge in [-0.3, -0.25) is 0 Å². The zero-order chi connectivity index (χ0) is 13.7. The van der Waals surface area contributed by atoms with Crippen molar-refractivity contribution < 1.29 is 4.74 Å². The van der Waals surface area contributed by atoms with Crippen LogP contribution in [0.4, 0.5) is 5.69 Å². The zero-order valence-corrected chi connectivity index (χ0v) is 11.9. The first-order valence-corrected chi connectivity index (χ1v) is 6.72. The maximum atomic E-state index is 5.44. The molecule has 100 valence electrons. The molecule has 0 fully saturated rings. The lowest BCUT2D eigenvalue weighted by molar-refractivity contribution is 0.340. The molecule has 0 radical (unpaired) electrons. The summed E-state index contributed by atoms with van der Waals surface area (Å²) in [6, 6.07) is 14.6. The number of para-hydroxylation sites is 1. The van der Waals surface area contributed by atoms with Crippen LogP contribution in [0.3, 0.4) is 0 Å². The largest absolute Gasteiger partial charge is 0.494 e. The third-order valence-electron chi connectivity index (χ3n) is 3.18. The summed E-state index contributed by atoms with van der Waals surface area (Å²) in [5, 5.41) is 3.51. The molecule has 0 aliphatic heterocycles. The van der Waals surface area contributed by atoms with Crippen LogP contribution in [0.25, 0.3) is 0 Å². The molecule has 0 heterocycles. The van der Waals surface area contributed by atoms with Gasteiger partial charge in [0.25, 0.3) is 0 Å². The summed E-state index contributed by atoms with van der Waals surface area (Å²) in [4.78, 5) is 0. The van der Waals surface area contributed by atoms with Crippen LogP contribution in [0.15, 0.2) is 42.5 Å². The van der Waals surface area contributed by atoms with Crippen LogP contribution in [0, 0.1) is 13.8 Å². The fourth-order valence-electron chi connectivity index (χ4n) is 2.15. The molecule has 0 amide bonds. The molecular weight excluding hydrogens is 234 g/mol. The molecular formula is C17H21NO. The quantitative estimate of drug-likeness (QED) is 0.859. The summed E-state index contributed by atoms with van der Waals surface area (Å²) >= 11 is 0. The summed E-state index contributed by atoms with van der Waals surface area (Å²) < 4.78 is 5.44. The lowest BCUT2D eigenvalue weighted by atomic mass is 10.1. The Bertz CT molecular complexity index is 511. The Hall–Kier alpha value is -1.96. The van der Waals surface area contributed by atoms with Crippen LogP contribution in [-0.2, 0) is 6.54 Å². The maximum absolute atomic E-state index is 5.44. The molecule has 2 rings (SSSR count). The van der Waals surface area contributed by atoms with Crippen molar-refractivity contribution in [2.45, 2.75) is 27.3 Å². The van der Waals surface area contributed by atoms with E-state index in [-0.39, 0.29) is 0 Å². The van der Waals surface area contributed by atoms with Crippen LogP contribution in [0.1, 0.15) is 23.6 Å². The van der Waals surface area contributed by atoms with Gasteiger partial charge in [-0.05, 0) is 49.6 Å². The van der Waals surface area contributed by atoms with Crippen molar-refractivity contribution in [3.63, 3.8) is 0 Å². The lowest BCUT2D eigenvalue weighted by Crippen LogP contribution is -2.02. The molecule has 0 spiro atoms. The number of anilines is 1. The molecule has 0 aliphatic carbocycles. The van der Waals surface area contributed by atoms with E-state index in [1.54, 1.807) is 0 Å². The van der Waals surface area contributed by atoms with Gasteiger partial charge in [0, 0.05) is 12.2 Å². The first kappa shape index (κ1) is 13.5. The minimum Gasteiger partial charge on any atom is -0.494 e. The third-order valence-corrected chi connectivity index (χ3v) is 3.18. The van der Waals surface area contributed by atoms with Crippen molar-refractivity contribution >= 4 is 5.69 Å². The molecule has 2 aromatic rings. The monoisotopic (exact) mass is 255 g/mol. The van der Waals surface area contributed by atoms with Gasteiger partial charge in [0.15, 0.2) is 0 Å². The second-order valence-corrected chi connectivity index (χ2v) is 4.70. The standard InChI is InChI=1S/C17H21NO/c1-4-19-16-10-8-15(9-11-16)12-18-17-13(2)6-5-7-14(17)3/h5-11,18H,4,12H2,1-3H3. The number of aryl methyl sites for hydroxylation is 2. The van der Waals surface area contributed by atoms with E-state index in [1.165, 1.54) is 22.4 Å². The molecule has 0 bridgehead atoms. The number of hydrogen-bond acceptors (Lipinski definition) is 2. The smallest absolute Gasteiger partial charge is 0.119 e. The normalized spacial score (nSPS) is 10.3. The molecule has 0 saturated heterocycles. The van der Waals surface area contributed by atoms with Gasteiger partial charge in [-0.15, -0.1) is 0 Å². The summed E-state index contributed by atoms with van der Waals surface area (Å²) in [6.07, 6.45) is 0. The lowest BCUT2D eigenvalue weighted by Gasteiger charge is -2.13. The van der Waals surface area contributed by atoms with Crippen LogP contribution in [-0.4, -0.2) is 6.61 Å². The fourth-order valence-corrected chi connectivity index (χ4v) is 2.15. The van der Waals surface area contributed by atoms with E-state index in [0.717, 1.165) is 12.3 Å². The van der Waals surface area contributed by atoms with E-state index < -0.39 is 0 Å². The van der Waals surface area contributed by atoms with Crippen LogP contribution in [0.5, 0.6) is 5.75 Å². The zero-order valence-electron chi connectivity index (χ0n) is 11.9. The average molecular weight is 255 g/mol. The highest BCUT2D eigenvalue weighted by atomic mass is 16.5. The van der Waals surface area contributed by atoms with Gasteiger partial charge in [-0.2, -0.15) is 0 Å². The molecule has 0 atom stereocenters. The van der Waals surface area contributed by atoms with Gasteiger partial charge in [0.1, 0.15) is 5.75 Å². The van der Waals surface area contributed by atoms with Crippen LogP contribution < -0.4 is 10.1 Å². The predicted octanol–water partition coefficient (Wildman–Crippen LogP) is 4.31. The molecule has 0 aliphatic rings. The van der Waals surface area contributed by atoms with Crippen LogP contribution >= 0.6 is 0 Å². The van der Waals surface area contributed by atoms with Gasteiger partial charge in [0.2, 0.25) is 0 Å². The van der Waals surface area contributed by atoms with Gasteiger partial charge < -0.3 is 10.1 Å². The number of hydrogen-bond donors (Lipinski definition) is 1. The molecule has 2 aromatic carbocycles. The first-order valence-electron chi connectivity index (χ1n) is 6.72. The maximum Gasteiger partial charge on any atom is 0.119 e. The highest BCUT2D eigenvalue weighted by molar-refractivity contribution is 5.56. The van der Waals surface area contributed by atoms with Crippen molar-refractivity contribution in [1.82, 2.24) is 0 Å². The Kier molecular flexibility index (Phi) is 4.45. The summed E-state index contributed by atoms with van der Waals surface area (Å²) in [5.41, 5.74) is 5.05. The number of rotatable bonds is 5. The van der Waals surface area contributed by atoms with Gasteiger partial charge in [-0.25, -0.2) is 0 Å². The molecule has 0 aromatic heterocycles. The van der Waals surface area contributed by atoms with Crippen molar-refractivity contribution in [2.24, 2.45) is 0 Å². The van der Waals surface area contributed by atoms with E-state index in [2.05, 4.69) is 49.5 Å².